The fourth-order valence-electron chi connectivity index (χ4n) is 4.36. The molecule has 2 aliphatic rings. The summed E-state index contributed by atoms with van der Waals surface area (Å²) in [5.41, 5.74) is 1.20. The quantitative estimate of drug-likeness (QED) is 0.375. The number of hydrogen-bond donors (Lipinski definition) is 1. The first-order chi connectivity index (χ1) is 15.1. The number of benzene rings is 2. The molecule has 0 saturated carbocycles. The summed E-state index contributed by atoms with van der Waals surface area (Å²) in [5.74, 6) is -0.425. The Morgan fingerprint density at radius 1 is 0.968 bits per heavy atom. The largest absolute Gasteiger partial charge is 0.389 e. The van der Waals surface area contributed by atoms with E-state index < -0.39 is 6.10 Å². The number of aliphatic hydroxyl groups excluding tert-OH is 1. The summed E-state index contributed by atoms with van der Waals surface area (Å²) in [6.07, 6.45) is 1.15. The summed E-state index contributed by atoms with van der Waals surface area (Å²) in [6.45, 7) is 9.29. The van der Waals surface area contributed by atoms with Crippen molar-refractivity contribution in [2.45, 2.75) is 6.10 Å². The fraction of sp³-hybridized carbons (Fsp3) is 0.417. The van der Waals surface area contributed by atoms with Crippen molar-refractivity contribution in [3.05, 3.63) is 60.2 Å². The van der Waals surface area contributed by atoms with Crippen molar-refractivity contribution in [1.29, 1.82) is 0 Å². The zero-order valence-electron chi connectivity index (χ0n) is 17.7. The molecule has 7 heteroatoms. The number of rotatable bonds is 9. The molecule has 31 heavy (non-hydrogen) atoms. The summed E-state index contributed by atoms with van der Waals surface area (Å²) >= 11 is 0. The van der Waals surface area contributed by atoms with Crippen molar-refractivity contribution in [3.63, 3.8) is 0 Å². The van der Waals surface area contributed by atoms with E-state index in [4.69, 9.17) is 4.74 Å². The molecule has 0 bridgehead atoms. The lowest BCUT2D eigenvalue weighted by Crippen LogP contribution is -2.51. The van der Waals surface area contributed by atoms with Crippen molar-refractivity contribution in [3.8, 4) is 0 Å². The molecule has 2 aromatic rings. The van der Waals surface area contributed by atoms with E-state index in [9.17, 15) is 14.7 Å². The zero-order valence-corrected chi connectivity index (χ0v) is 17.7. The molecule has 1 atom stereocenters. The van der Waals surface area contributed by atoms with Crippen LogP contribution in [-0.2, 0) is 4.74 Å². The van der Waals surface area contributed by atoms with Gasteiger partial charge in [0.15, 0.2) is 0 Å². The maximum atomic E-state index is 13.0. The Bertz CT molecular complexity index is 918. The van der Waals surface area contributed by atoms with Gasteiger partial charge in [0.2, 0.25) is 0 Å². The summed E-state index contributed by atoms with van der Waals surface area (Å²) in [7, 11) is 0. The number of hydrogen-bond acceptors (Lipinski definition) is 6. The average Bonchev–Trinajstić information content (AvgIpc) is 2.78. The SMILES string of the molecule is C=CCOC[C@@H](O)CN1CCN(CCN2C(=O)c3cccc4cccc(c34)C2=O)CC1. The van der Waals surface area contributed by atoms with Crippen molar-refractivity contribution < 1.29 is 19.4 Å². The highest BCUT2D eigenvalue weighted by molar-refractivity contribution is 6.25. The fourth-order valence-corrected chi connectivity index (χ4v) is 4.36. The topological polar surface area (TPSA) is 73.3 Å². The Morgan fingerprint density at radius 2 is 1.58 bits per heavy atom. The molecule has 0 aromatic heterocycles. The van der Waals surface area contributed by atoms with Crippen LogP contribution in [0.2, 0.25) is 0 Å². The molecule has 1 fully saturated rings. The van der Waals surface area contributed by atoms with Crippen LogP contribution in [0.4, 0.5) is 0 Å². The molecule has 0 aliphatic carbocycles. The maximum Gasteiger partial charge on any atom is 0.261 e. The van der Waals surface area contributed by atoms with Crippen LogP contribution in [0.3, 0.4) is 0 Å². The molecule has 0 spiro atoms. The molecule has 7 nitrogen and oxygen atoms in total. The number of imide groups is 1. The molecule has 2 amide bonds. The van der Waals surface area contributed by atoms with Crippen LogP contribution in [0.1, 0.15) is 20.7 Å². The summed E-state index contributed by atoms with van der Waals surface area (Å²) < 4.78 is 5.30. The Balaban J connectivity index is 1.30. The van der Waals surface area contributed by atoms with Gasteiger partial charge in [-0.05, 0) is 17.5 Å². The van der Waals surface area contributed by atoms with E-state index >= 15 is 0 Å². The molecule has 4 rings (SSSR count). The smallest absolute Gasteiger partial charge is 0.261 e. The molecule has 2 heterocycles. The van der Waals surface area contributed by atoms with E-state index in [-0.39, 0.29) is 11.8 Å². The number of β-amino-alcohol motifs (C(OH)–C–C–N with tert-alkyl or cyclic N) is 1. The van der Waals surface area contributed by atoms with Crippen molar-refractivity contribution >= 4 is 22.6 Å². The van der Waals surface area contributed by atoms with E-state index in [2.05, 4.69) is 16.4 Å². The third kappa shape index (κ3) is 4.70. The van der Waals surface area contributed by atoms with Crippen LogP contribution in [0.25, 0.3) is 10.8 Å². The number of carbonyl (C=O) groups is 2. The summed E-state index contributed by atoms with van der Waals surface area (Å²) in [5, 5.41) is 11.8. The second-order valence-corrected chi connectivity index (χ2v) is 8.09. The second-order valence-electron chi connectivity index (χ2n) is 8.09. The molecule has 1 N–H and O–H groups in total. The Labute approximate surface area is 182 Å². The predicted molar refractivity (Wildman–Crippen MR) is 119 cm³/mol. The van der Waals surface area contributed by atoms with Crippen LogP contribution < -0.4 is 0 Å². The van der Waals surface area contributed by atoms with Gasteiger partial charge in [0.05, 0.1) is 19.3 Å². The lowest BCUT2D eigenvalue weighted by Gasteiger charge is -2.36. The van der Waals surface area contributed by atoms with Crippen LogP contribution in [0, 0.1) is 0 Å². The molecule has 2 aliphatic heterocycles. The number of nitrogens with zero attached hydrogens (tertiary/aromatic N) is 3. The monoisotopic (exact) mass is 423 g/mol. The number of carbonyl (C=O) groups excluding carboxylic acids is 2. The second kappa shape index (κ2) is 9.70. The average molecular weight is 424 g/mol. The van der Waals surface area contributed by atoms with Crippen LogP contribution in [0.5, 0.6) is 0 Å². The van der Waals surface area contributed by atoms with Crippen LogP contribution in [0.15, 0.2) is 49.1 Å². The molecule has 164 valence electrons. The van der Waals surface area contributed by atoms with Gasteiger partial charge < -0.3 is 9.84 Å². The highest BCUT2D eigenvalue weighted by Gasteiger charge is 2.32. The van der Waals surface area contributed by atoms with E-state index in [0.29, 0.717) is 44.0 Å². The van der Waals surface area contributed by atoms with Gasteiger partial charge in [-0.2, -0.15) is 0 Å². The van der Waals surface area contributed by atoms with Gasteiger partial charge in [-0.15, -0.1) is 6.58 Å². The lowest BCUT2D eigenvalue weighted by molar-refractivity contribution is 0.0141. The molecular weight excluding hydrogens is 394 g/mol. The van der Waals surface area contributed by atoms with E-state index in [1.54, 1.807) is 18.2 Å². The van der Waals surface area contributed by atoms with Crippen LogP contribution >= 0.6 is 0 Å². The van der Waals surface area contributed by atoms with Crippen LogP contribution in [-0.4, -0.2) is 96.8 Å². The van der Waals surface area contributed by atoms with Gasteiger partial charge in [-0.1, -0.05) is 30.3 Å². The Kier molecular flexibility index (Phi) is 6.77. The minimum Gasteiger partial charge on any atom is -0.389 e. The first-order valence-electron chi connectivity index (χ1n) is 10.8. The summed E-state index contributed by atoms with van der Waals surface area (Å²) in [4.78, 5) is 31.9. The maximum absolute atomic E-state index is 13.0. The minimum atomic E-state index is -0.516. The number of piperazine rings is 1. The van der Waals surface area contributed by atoms with Crippen molar-refractivity contribution in [2.75, 3.05) is 59.0 Å². The lowest BCUT2D eigenvalue weighted by atomic mass is 9.94. The molecule has 0 radical (unpaired) electrons. The normalized spacial score (nSPS) is 18.5. The van der Waals surface area contributed by atoms with Gasteiger partial charge in [-0.25, -0.2) is 0 Å². The first-order valence-corrected chi connectivity index (χ1v) is 10.8. The van der Waals surface area contributed by atoms with E-state index in [0.717, 1.165) is 37.0 Å². The van der Waals surface area contributed by atoms with Gasteiger partial charge >= 0.3 is 0 Å². The Morgan fingerprint density at radius 3 is 2.19 bits per heavy atom. The predicted octanol–water partition coefficient (Wildman–Crippen LogP) is 1.62. The summed E-state index contributed by atoms with van der Waals surface area (Å²) in [6, 6.07) is 11.2. The number of amides is 2. The van der Waals surface area contributed by atoms with Gasteiger partial charge in [0.1, 0.15) is 0 Å². The molecular formula is C24H29N3O4. The highest BCUT2D eigenvalue weighted by Crippen LogP contribution is 2.29. The van der Waals surface area contributed by atoms with Crippen molar-refractivity contribution in [2.24, 2.45) is 0 Å². The third-order valence-electron chi connectivity index (χ3n) is 5.98. The van der Waals surface area contributed by atoms with E-state index in [1.165, 1.54) is 4.90 Å². The standard InChI is InChI=1S/C24H29N3O4/c1-2-15-31-17-19(28)16-26-11-9-25(10-12-26)13-14-27-23(29)20-7-3-5-18-6-4-8-21(22(18)20)24(27)30/h2-8,19,28H,1,9-17H2/t19-/m0/s1. The van der Waals surface area contributed by atoms with E-state index in [1.807, 2.05) is 24.3 Å². The highest BCUT2D eigenvalue weighted by atomic mass is 16.5. The molecule has 2 aromatic carbocycles. The first kappa shape index (κ1) is 21.6. The third-order valence-corrected chi connectivity index (χ3v) is 5.98. The van der Waals surface area contributed by atoms with Gasteiger partial charge in [0, 0.05) is 62.3 Å². The number of ether oxygens (including phenoxy) is 1. The molecule has 1 saturated heterocycles. The number of aliphatic hydroxyl groups is 1. The molecule has 0 unspecified atom stereocenters. The zero-order chi connectivity index (χ0) is 21.8. The van der Waals surface area contributed by atoms with Gasteiger partial charge in [0.25, 0.3) is 11.8 Å². The Hall–Kier alpha value is -2.58. The minimum absolute atomic E-state index is 0.212. The van der Waals surface area contributed by atoms with Crippen molar-refractivity contribution in [1.82, 2.24) is 14.7 Å². The van der Waals surface area contributed by atoms with Gasteiger partial charge in [-0.3, -0.25) is 24.3 Å².